The third kappa shape index (κ3) is 1.99. The molecule has 5 aliphatic rings. The normalized spacial score (nSPS) is 50.5. The van der Waals surface area contributed by atoms with E-state index in [2.05, 4.69) is 24.7 Å². The van der Waals surface area contributed by atoms with E-state index in [1.807, 2.05) is 0 Å². The van der Waals surface area contributed by atoms with E-state index in [0.717, 1.165) is 48.8 Å². The minimum Gasteiger partial charge on any atom is -0.411 e. The topological polar surface area (TPSA) is 41.8 Å². The van der Waals surface area contributed by atoms with Gasteiger partial charge in [-0.15, -0.1) is 0 Å². The molecule has 25 heavy (non-hydrogen) atoms. The summed E-state index contributed by atoms with van der Waals surface area (Å²) in [6, 6.07) is 0. The number of allylic oxidation sites excluding steroid dienone is 2. The van der Waals surface area contributed by atoms with Crippen molar-refractivity contribution in [1.29, 1.82) is 0 Å². The summed E-state index contributed by atoms with van der Waals surface area (Å²) < 4.78 is 6.45. The van der Waals surface area contributed by atoms with Crippen LogP contribution in [0.1, 0.15) is 64.7 Å². The Morgan fingerprint density at radius 3 is 2.76 bits per heavy atom. The first-order valence-electron chi connectivity index (χ1n) is 10.3. The first-order valence-corrected chi connectivity index (χ1v) is 10.3. The third-order valence-electron chi connectivity index (χ3n) is 8.89. The average molecular weight is 341 g/mol. The zero-order valence-corrected chi connectivity index (χ0v) is 15.5. The Morgan fingerprint density at radius 1 is 1.12 bits per heavy atom. The Morgan fingerprint density at radius 2 is 2.00 bits per heavy atom. The van der Waals surface area contributed by atoms with Crippen LogP contribution in [0.5, 0.6) is 0 Å². The summed E-state index contributed by atoms with van der Waals surface area (Å²) in [5.74, 6) is 3.22. The van der Waals surface area contributed by atoms with E-state index < -0.39 is 0 Å². The molecule has 3 saturated carbocycles. The summed E-state index contributed by atoms with van der Waals surface area (Å²) in [5, 5.41) is 12.6. The highest BCUT2D eigenvalue weighted by molar-refractivity contribution is 5.96. The molecule has 0 bridgehead atoms. The quantitative estimate of drug-likeness (QED) is 0.378. The van der Waals surface area contributed by atoms with Crippen LogP contribution < -0.4 is 0 Å². The van der Waals surface area contributed by atoms with Gasteiger partial charge in [0.25, 0.3) is 0 Å². The van der Waals surface area contributed by atoms with Crippen molar-refractivity contribution in [2.45, 2.75) is 70.3 Å². The van der Waals surface area contributed by atoms with E-state index in [1.54, 1.807) is 5.57 Å². The highest BCUT2D eigenvalue weighted by atomic mass is 16.5. The summed E-state index contributed by atoms with van der Waals surface area (Å²) in [5.41, 5.74) is 4.13. The molecule has 4 fully saturated rings. The van der Waals surface area contributed by atoms with Gasteiger partial charge in [-0.2, -0.15) is 0 Å². The van der Waals surface area contributed by atoms with Gasteiger partial charge in [0, 0.05) is 5.41 Å². The fraction of sp³-hybridized carbons (Fsp3) is 0.773. The molecule has 4 aliphatic carbocycles. The van der Waals surface area contributed by atoms with Gasteiger partial charge in [-0.05, 0) is 93.1 Å². The molecule has 1 aliphatic heterocycles. The Hall–Kier alpha value is -1.09. The number of hydrogen-bond acceptors (Lipinski definition) is 3. The minimum absolute atomic E-state index is 0.0119. The van der Waals surface area contributed by atoms with E-state index in [0.29, 0.717) is 5.41 Å². The second-order valence-electron chi connectivity index (χ2n) is 9.45. The molecule has 136 valence electrons. The lowest BCUT2D eigenvalue weighted by atomic mass is 9.50. The van der Waals surface area contributed by atoms with Crippen LogP contribution in [0.4, 0.5) is 0 Å². The third-order valence-corrected chi connectivity index (χ3v) is 8.89. The van der Waals surface area contributed by atoms with E-state index in [4.69, 9.17) is 9.94 Å². The Bertz CT molecular complexity index is 665. The smallest absolute Gasteiger partial charge is 0.0945 e. The molecule has 3 nitrogen and oxygen atoms in total. The molecule has 1 N–H and O–H groups in total. The minimum atomic E-state index is -0.0119. The molecule has 6 atom stereocenters. The van der Waals surface area contributed by atoms with Gasteiger partial charge in [0.1, 0.15) is 0 Å². The molecule has 3 heteroatoms. The zero-order valence-electron chi connectivity index (χ0n) is 15.5. The molecule has 1 spiro atoms. The van der Waals surface area contributed by atoms with E-state index >= 15 is 0 Å². The predicted octanol–water partition coefficient (Wildman–Crippen LogP) is 5.10. The first-order chi connectivity index (χ1) is 12.1. The fourth-order valence-corrected chi connectivity index (χ4v) is 7.74. The maximum absolute atomic E-state index is 9.13. The maximum atomic E-state index is 9.13. The fourth-order valence-electron chi connectivity index (χ4n) is 7.74. The van der Waals surface area contributed by atoms with Crippen LogP contribution in [0.15, 0.2) is 29.0 Å². The standard InChI is InChI=1S/C22H31NO2/c1-14-9-12-25-22(14)11-8-20-19-5-3-15-13-16(23-24)4-6-17(15)18(19)7-10-21(20,22)2/h13,17-20,24H,1,3-12H2,2H3/b23-16+/t17-,18+,19+,20-,21-,22-/m0/s1. The van der Waals surface area contributed by atoms with E-state index in [-0.39, 0.29) is 5.60 Å². The average Bonchev–Trinajstić information content (AvgIpc) is 3.16. The molecular formula is C22H31NO2. The number of fused-ring (bicyclic) bond motifs is 6. The monoisotopic (exact) mass is 341 g/mol. The Kier molecular flexibility index (Phi) is 3.51. The molecule has 5 rings (SSSR count). The lowest BCUT2D eigenvalue weighted by molar-refractivity contribution is -0.111. The van der Waals surface area contributed by atoms with Crippen LogP contribution in [0.3, 0.4) is 0 Å². The summed E-state index contributed by atoms with van der Waals surface area (Å²) in [7, 11) is 0. The van der Waals surface area contributed by atoms with Crippen LogP contribution in [0, 0.1) is 29.1 Å². The Balaban J connectivity index is 1.46. The SMILES string of the molecule is C=C1CCO[C@@]12CC[C@H]1[C@@H]3CCC4=C/C(=N/O)CC[C@@H]4[C@H]3CC[C@@]12C. The highest BCUT2D eigenvalue weighted by Gasteiger charge is 2.65. The van der Waals surface area contributed by atoms with Gasteiger partial charge in [0.15, 0.2) is 0 Å². The molecule has 0 radical (unpaired) electrons. The van der Waals surface area contributed by atoms with Crippen molar-refractivity contribution in [3.05, 3.63) is 23.8 Å². The molecular weight excluding hydrogens is 310 g/mol. The van der Waals surface area contributed by atoms with Gasteiger partial charge in [0.2, 0.25) is 0 Å². The molecule has 0 unspecified atom stereocenters. The van der Waals surface area contributed by atoms with E-state index in [1.165, 1.54) is 50.5 Å². The summed E-state index contributed by atoms with van der Waals surface area (Å²) >= 11 is 0. The molecule has 0 aromatic rings. The summed E-state index contributed by atoms with van der Waals surface area (Å²) in [6.45, 7) is 7.85. The van der Waals surface area contributed by atoms with Crippen molar-refractivity contribution >= 4 is 5.71 Å². The highest BCUT2D eigenvalue weighted by Crippen LogP contribution is 2.68. The van der Waals surface area contributed by atoms with Gasteiger partial charge in [-0.25, -0.2) is 0 Å². The number of nitrogens with zero attached hydrogens (tertiary/aromatic N) is 1. The van der Waals surface area contributed by atoms with Crippen molar-refractivity contribution in [2.75, 3.05) is 6.61 Å². The number of ether oxygens (including phenoxy) is 1. The number of hydrogen-bond donors (Lipinski definition) is 1. The lowest BCUT2D eigenvalue weighted by Crippen LogP contribution is -2.53. The van der Waals surface area contributed by atoms with Crippen molar-refractivity contribution in [3.63, 3.8) is 0 Å². The predicted molar refractivity (Wildman–Crippen MR) is 98.7 cm³/mol. The van der Waals surface area contributed by atoms with E-state index in [9.17, 15) is 0 Å². The van der Waals surface area contributed by atoms with Gasteiger partial charge in [-0.3, -0.25) is 0 Å². The van der Waals surface area contributed by atoms with Gasteiger partial charge >= 0.3 is 0 Å². The van der Waals surface area contributed by atoms with Crippen LogP contribution >= 0.6 is 0 Å². The van der Waals surface area contributed by atoms with Gasteiger partial charge < -0.3 is 9.94 Å². The summed E-state index contributed by atoms with van der Waals surface area (Å²) in [6.07, 6.45) is 13.1. The van der Waals surface area contributed by atoms with Crippen molar-refractivity contribution in [3.8, 4) is 0 Å². The van der Waals surface area contributed by atoms with Crippen molar-refractivity contribution < 1.29 is 9.94 Å². The number of oxime groups is 1. The van der Waals surface area contributed by atoms with Gasteiger partial charge in [0.05, 0.1) is 17.9 Å². The zero-order chi connectivity index (χ0) is 17.2. The van der Waals surface area contributed by atoms with Crippen LogP contribution in [0.25, 0.3) is 0 Å². The lowest BCUT2D eigenvalue weighted by Gasteiger charge is -2.56. The summed E-state index contributed by atoms with van der Waals surface area (Å²) in [4.78, 5) is 0. The molecule has 0 aromatic heterocycles. The molecule has 1 saturated heterocycles. The van der Waals surface area contributed by atoms with Gasteiger partial charge in [-0.1, -0.05) is 24.2 Å². The second kappa shape index (κ2) is 5.45. The molecule has 0 amide bonds. The van der Waals surface area contributed by atoms with Crippen LogP contribution in [-0.2, 0) is 4.74 Å². The van der Waals surface area contributed by atoms with Crippen molar-refractivity contribution in [2.24, 2.45) is 34.2 Å². The first kappa shape index (κ1) is 16.1. The van der Waals surface area contributed by atoms with Crippen LogP contribution in [0.2, 0.25) is 0 Å². The van der Waals surface area contributed by atoms with Crippen molar-refractivity contribution in [1.82, 2.24) is 0 Å². The molecule has 1 heterocycles. The number of rotatable bonds is 0. The second-order valence-corrected chi connectivity index (χ2v) is 9.45. The maximum Gasteiger partial charge on any atom is 0.0945 e. The molecule has 0 aromatic carbocycles. The van der Waals surface area contributed by atoms with Crippen LogP contribution in [-0.4, -0.2) is 23.1 Å². The largest absolute Gasteiger partial charge is 0.411 e. The Labute approximate surface area is 151 Å².